The van der Waals surface area contributed by atoms with Gasteiger partial charge in [-0.25, -0.2) is 14.9 Å². The molecule has 1 unspecified atom stereocenters. The largest absolute Gasteiger partial charge is 0.438 e. The monoisotopic (exact) mass is 530 g/mol. The number of nitrogens with two attached hydrogens (primary N) is 1. The van der Waals surface area contributed by atoms with Crippen LogP contribution in [0.15, 0.2) is 41.2 Å². The van der Waals surface area contributed by atoms with Gasteiger partial charge in [-0.1, -0.05) is 31.5 Å². The molecule has 1 aromatic carbocycles. The van der Waals surface area contributed by atoms with E-state index in [1.54, 1.807) is 38.2 Å². The molecule has 4 amide bonds. The van der Waals surface area contributed by atoms with E-state index in [0.717, 1.165) is 5.56 Å². The Morgan fingerprint density at radius 1 is 1.22 bits per heavy atom. The number of rotatable bonds is 8. The number of aryl methyl sites for hydroxylation is 1. The van der Waals surface area contributed by atoms with Crippen LogP contribution in [0.3, 0.4) is 0 Å². The number of halogens is 1. The molecule has 0 radical (unpaired) electrons. The number of nitrogens with zero attached hydrogens (tertiary/aromatic N) is 1. The molecule has 198 valence electrons. The Bertz CT molecular complexity index is 1170. The van der Waals surface area contributed by atoms with E-state index in [2.05, 4.69) is 0 Å². The lowest BCUT2D eigenvalue weighted by Crippen LogP contribution is -2.71. The van der Waals surface area contributed by atoms with Gasteiger partial charge in [0.2, 0.25) is 12.1 Å². The van der Waals surface area contributed by atoms with Crippen LogP contribution < -0.4 is 11.1 Å². The van der Waals surface area contributed by atoms with Gasteiger partial charge in [0.1, 0.15) is 18.2 Å². The van der Waals surface area contributed by atoms with Gasteiger partial charge in [0.15, 0.2) is 12.3 Å². The third-order valence-electron chi connectivity index (χ3n) is 5.93. The van der Waals surface area contributed by atoms with E-state index in [-0.39, 0.29) is 17.2 Å². The quantitative estimate of drug-likeness (QED) is 0.262. The number of aliphatic hydroxyl groups is 2. The Morgan fingerprint density at radius 2 is 1.83 bits per heavy atom. The highest BCUT2D eigenvalue weighted by molar-refractivity contribution is 7.86. The number of carbonyl (C=O) groups is 3. The first-order chi connectivity index (χ1) is 16.7. The van der Waals surface area contributed by atoms with Gasteiger partial charge in [0.05, 0.1) is 11.5 Å². The number of ether oxygens (including phenoxy) is 1. The summed E-state index contributed by atoms with van der Waals surface area (Å²) < 4.78 is 48.2. The van der Waals surface area contributed by atoms with E-state index in [0.29, 0.717) is 6.20 Å². The average molecular weight is 531 g/mol. The second-order valence-corrected chi connectivity index (χ2v) is 10.8. The minimum atomic E-state index is -4.29. The zero-order valence-electron chi connectivity index (χ0n) is 19.8. The van der Waals surface area contributed by atoms with Crippen LogP contribution in [-0.4, -0.2) is 78.1 Å². The molecule has 36 heavy (non-hydrogen) atoms. The molecular formula is C22H29FN3O9S+. The average Bonchev–Trinajstić information content (AvgIpc) is 3.08. The van der Waals surface area contributed by atoms with Gasteiger partial charge in [-0.05, 0) is 31.4 Å². The fourth-order valence-electron chi connectivity index (χ4n) is 4.04. The first kappa shape index (κ1) is 28.0. The number of aliphatic hydroxyl groups excluding tert-OH is 2. The number of nitrogens with one attached hydrogen (secondary N) is 1. The van der Waals surface area contributed by atoms with Crippen LogP contribution in [0.4, 0.5) is 9.18 Å². The van der Waals surface area contributed by atoms with Crippen molar-refractivity contribution >= 4 is 28.0 Å². The SMILES string of the molecule is Cc1ccc(S(=O)(=O)OC[C@H]2O[C@@H]([N+]3(C(=O)[C@@H](N)CC(C)C)C=C(F)C(=O)NC3=O)[C@H](O)[C@@H]2O)cc1. The zero-order chi connectivity index (χ0) is 27.0. The number of hydrogen-bond donors (Lipinski definition) is 4. The Hall–Kier alpha value is -2.59. The van der Waals surface area contributed by atoms with Crippen LogP contribution in [0.25, 0.3) is 0 Å². The first-order valence-corrected chi connectivity index (χ1v) is 12.5. The Labute approximate surface area is 207 Å². The van der Waals surface area contributed by atoms with Crippen molar-refractivity contribution in [2.24, 2.45) is 11.7 Å². The van der Waals surface area contributed by atoms with Crippen molar-refractivity contribution in [1.29, 1.82) is 0 Å². The smallest absolute Gasteiger partial charge is 0.387 e. The van der Waals surface area contributed by atoms with Gasteiger partial charge in [-0.15, -0.1) is 4.48 Å². The highest BCUT2D eigenvalue weighted by Gasteiger charge is 2.64. The third kappa shape index (κ3) is 5.25. The summed E-state index contributed by atoms with van der Waals surface area (Å²) in [5.41, 5.74) is 6.77. The molecule has 3 rings (SSSR count). The van der Waals surface area contributed by atoms with Gasteiger partial charge in [-0.2, -0.15) is 12.8 Å². The van der Waals surface area contributed by atoms with Crippen molar-refractivity contribution < 1.29 is 50.8 Å². The molecule has 0 aliphatic carbocycles. The van der Waals surface area contributed by atoms with E-state index in [9.17, 15) is 37.4 Å². The molecule has 1 aromatic rings. The predicted octanol–water partition coefficient (Wildman–Crippen LogP) is -0.0755. The second kappa shape index (κ2) is 10.4. The molecule has 0 saturated carbocycles. The van der Waals surface area contributed by atoms with Gasteiger partial charge >= 0.3 is 11.9 Å². The van der Waals surface area contributed by atoms with Crippen molar-refractivity contribution in [3.63, 3.8) is 0 Å². The maximum atomic E-state index is 14.4. The summed E-state index contributed by atoms with van der Waals surface area (Å²) in [5.74, 6) is -4.13. The second-order valence-electron chi connectivity index (χ2n) is 9.19. The lowest BCUT2D eigenvalue weighted by Gasteiger charge is -2.37. The summed E-state index contributed by atoms with van der Waals surface area (Å²) >= 11 is 0. The topological polar surface area (TPSA) is 182 Å². The summed E-state index contributed by atoms with van der Waals surface area (Å²) in [4.78, 5) is 37.8. The number of carbonyl (C=O) groups excluding carboxylic acids is 3. The maximum Gasteiger partial charge on any atom is 0.438 e. The Balaban J connectivity index is 1.91. The van der Waals surface area contributed by atoms with Crippen LogP contribution in [0.2, 0.25) is 0 Å². The van der Waals surface area contributed by atoms with E-state index in [1.807, 2.05) is 0 Å². The summed E-state index contributed by atoms with van der Waals surface area (Å²) in [6, 6.07) is 3.04. The number of benzene rings is 1. The number of quaternary nitrogens is 1. The molecule has 2 aliphatic heterocycles. The lowest BCUT2D eigenvalue weighted by molar-refractivity contribution is -0.785. The summed E-state index contributed by atoms with van der Waals surface area (Å²) in [7, 11) is -4.29. The number of urea groups is 1. The van der Waals surface area contributed by atoms with Gasteiger partial charge < -0.3 is 20.7 Å². The minimum Gasteiger partial charge on any atom is -0.387 e. The van der Waals surface area contributed by atoms with E-state index >= 15 is 0 Å². The number of imide groups is 2. The van der Waals surface area contributed by atoms with Crippen molar-refractivity contribution in [2.45, 2.75) is 62.7 Å². The highest BCUT2D eigenvalue weighted by atomic mass is 32.2. The molecule has 12 nitrogen and oxygen atoms in total. The zero-order valence-corrected chi connectivity index (χ0v) is 20.6. The normalized spacial score (nSPS) is 29.7. The van der Waals surface area contributed by atoms with Gasteiger partial charge in [0, 0.05) is 0 Å². The Kier molecular flexibility index (Phi) is 8.10. The third-order valence-corrected chi connectivity index (χ3v) is 7.23. The highest BCUT2D eigenvalue weighted by Crippen LogP contribution is 2.35. The van der Waals surface area contributed by atoms with Crippen molar-refractivity contribution in [3.8, 4) is 0 Å². The molecule has 6 atom stereocenters. The van der Waals surface area contributed by atoms with Crippen LogP contribution in [0.1, 0.15) is 25.8 Å². The van der Waals surface area contributed by atoms with Gasteiger partial charge in [-0.3, -0.25) is 8.98 Å². The van der Waals surface area contributed by atoms with Crippen LogP contribution in [-0.2, 0) is 28.6 Å². The molecule has 2 heterocycles. The molecular weight excluding hydrogens is 501 g/mol. The molecule has 0 spiro atoms. The van der Waals surface area contributed by atoms with E-state index in [1.165, 1.54) is 12.1 Å². The van der Waals surface area contributed by atoms with E-state index in [4.69, 9.17) is 14.7 Å². The molecule has 2 aliphatic rings. The Morgan fingerprint density at radius 3 is 2.42 bits per heavy atom. The predicted molar refractivity (Wildman–Crippen MR) is 120 cm³/mol. The van der Waals surface area contributed by atoms with Crippen molar-refractivity contribution in [1.82, 2.24) is 5.32 Å². The molecule has 1 fully saturated rings. The molecule has 0 bridgehead atoms. The minimum absolute atomic E-state index is 0.0716. The molecule has 5 N–H and O–H groups in total. The first-order valence-electron chi connectivity index (χ1n) is 11.1. The molecule has 14 heteroatoms. The lowest BCUT2D eigenvalue weighted by atomic mass is 10.0. The summed E-state index contributed by atoms with van der Waals surface area (Å²) in [6.45, 7) is 4.46. The van der Waals surface area contributed by atoms with Crippen LogP contribution in [0, 0.1) is 12.8 Å². The molecule has 1 saturated heterocycles. The van der Waals surface area contributed by atoms with Crippen LogP contribution >= 0.6 is 0 Å². The summed E-state index contributed by atoms with van der Waals surface area (Å²) in [5, 5.41) is 22.9. The summed E-state index contributed by atoms with van der Waals surface area (Å²) in [6.07, 6.45) is -6.89. The van der Waals surface area contributed by atoms with Crippen molar-refractivity contribution in [2.75, 3.05) is 6.61 Å². The maximum absolute atomic E-state index is 14.4. The fraction of sp³-hybridized carbons (Fsp3) is 0.500. The van der Waals surface area contributed by atoms with Crippen LogP contribution in [0.5, 0.6) is 0 Å². The number of amides is 4. The fourth-order valence-corrected chi connectivity index (χ4v) is 4.96. The standard InChI is InChI=1S/C22H28FN3O9S/c1-11(2)8-15(24)20(30)26(9-14(23)19(29)25-22(26)31)21-18(28)17(27)16(35-21)10-34-36(32,33)13-6-4-12(3)5-7-13/h4-7,9,11,15-18,21,27-28H,8,10,24H2,1-3H3/p+1/t15-,16+,17+,18+,21+,26?/m0/s1. The van der Waals surface area contributed by atoms with Crippen molar-refractivity contribution in [3.05, 3.63) is 41.9 Å². The van der Waals surface area contributed by atoms with Gasteiger partial charge in [0.25, 0.3) is 16.0 Å². The van der Waals surface area contributed by atoms with E-state index < -0.39 is 75.5 Å². The number of hydrogen-bond acceptors (Lipinski definition) is 10. The molecule has 0 aromatic heterocycles.